The lowest BCUT2D eigenvalue weighted by atomic mass is 10.1. The van der Waals surface area contributed by atoms with Crippen LogP contribution in [0.25, 0.3) is 0 Å². The number of hydrogen-bond donors (Lipinski definition) is 2. The largest absolute Gasteiger partial charge is 0.495 e. The summed E-state index contributed by atoms with van der Waals surface area (Å²) in [5.74, 6) is 0.516. The third-order valence-electron chi connectivity index (χ3n) is 2.63. The van der Waals surface area contributed by atoms with E-state index < -0.39 is 0 Å². The van der Waals surface area contributed by atoms with Crippen LogP contribution in [0, 0.1) is 0 Å². The van der Waals surface area contributed by atoms with Crippen LogP contribution in [0.4, 0.5) is 5.69 Å². The van der Waals surface area contributed by atoms with E-state index in [1.165, 1.54) is 6.92 Å². The number of benzene rings is 1. The second-order valence-electron chi connectivity index (χ2n) is 4.17. The van der Waals surface area contributed by atoms with Gasteiger partial charge in [0.25, 0.3) is 0 Å². The molecule has 1 rings (SSSR count). The molecular formula is C14H20N2O3. The maximum atomic E-state index is 11.1. The summed E-state index contributed by atoms with van der Waals surface area (Å²) >= 11 is 0. The van der Waals surface area contributed by atoms with Crippen molar-refractivity contribution in [1.82, 2.24) is 5.32 Å². The molecule has 1 aromatic carbocycles. The van der Waals surface area contributed by atoms with Gasteiger partial charge in [0.1, 0.15) is 5.75 Å². The summed E-state index contributed by atoms with van der Waals surface area (Å²) in [5.41, 5.74) is 1.68. The number of methoxy groups -OCH3 is 1. The van der Waals surface area contributed by atoms with Gasteiger partial charge in [0.15, 0.2) is 0 Å². The zero-order valence-corrected chi connectivity index (χ0v) is 11.6. The van der Waals surface area contributed by atoms with Crippen LogP contribution in [0.1, 0.15) is 25.8 Å². The van der Waals surface area contributed by atoms with Gasteiger partial charge in [0.05, 0.1) is 12.8 Å². The Hall–Kier alpha value is -2.04. The Bertz CT molecular complexity index is 458. The molecule has 2 N–H and O–H groups in total. The smallest absolute Gasteiger partial charge is 0.221 e. The summed E-state index contributed by atoms with van der Waals surface area (Å²) in [7, 11) is 1.56. The van der Waals surface area contributed by atoms with Gasteiger partial charge in [-0.25, -0.2) is 0 Å². The minimum absolute atomic E-state index is 0.0376. The van der Waals surface area contributed by atoms with E-state index in [9.17, 15) is 9.59 Å². The predicted molar refractivity (Wildman–Crippen MR) is 74.3 cm³/mol. The van der Waals surface area contributed by atoms with Gasteiger partial charge in [0.2, 0.25) is 11.8 Å². The van der Waals surface area contributed by atoms with Gasteiger partial charge in [-0.05, 0) is 24.1 Å². The molecule has 0 aliphatic heterocycles. The summed E-state index contributed by atoms with van der Waals surface area (Å²) in [6.45, 7) is 3.85. The van der Waals surface area contributed by atoms with E-state index in [0.717, 1.165) is 5.56 Å². The molecule has 0 bridgehead atoms. The third kappa shape index (κ3) is 4.99. The van der Waals surface area contributed by atoms with Crippen molar-refractivity contribution in [3.8, 4) is 5.75 Å². The molecule has 0 heterocycles. The zero-order chi connectivity index (χ0) is 14.3. The molecule has 5 nitrogen and oxygen atoms in total. The van der Waals surface area contributed by atoms with Crippen LogP contribution in [0.3, 0.4) is 0 Å². The van der Waals surface area contributed by atoms with Gasteiger partial charge in [-0.15, -0.1) is 0 Å². The molecule has 0 radical (unpaired) electrons. The highest BCUT2D eigenvalue weighted by atomic mass is 16.5. The van der Waals surface area contributed by atoms with E-state index in [0.29, 0.717) is 30.8 Å². The van der Waals surface area contributed by atoms with Gasteiger partial charge in [-0.1, -0.05) is 13.0 Å². The number of amides is 2. The lowest BCUT2D eigenvalue weighted by molar-refractivity contribution is -0.120. The summed E-state index contributed by atoms with van der Waals surface area (Å²) in [6.07, 6.45) is 1.20. The van der Waals surface area contributed by atoms with Gasteiger partial charge in [0, 0.05) is 19.9 Å². The fourth-order valence-corrected chi connectivity index (χ4v) is 1.67. The molecule has 19 heavy (non-hydrogen) atoms. The van der Waals surface area contributed by atoms with Crippen LogP contribution < -0.4 is 15.4 Å². The van der Waals surface area contributed by atoms with E-state index in [1.807, 2.05) is 25.1 Å². The Morgan fingerprint density at radius 1 is 1.32 bits per heavy atom. The standard InChI is InChI=1S/C14H20N2O3/c1-4-14(18)15-8-7-11-5-6-13(19-3)12(9-11)16-10(2)17/h5-6,9H,4,7-8H2,1-3H3,(H,15,18)(H,16,17). The van der Waals surface area contributed by atoms with Crippen molar-refractivity contribution >= 4 is 17.5 Å². The molecule has 1 aromatic rings. The topological polar surface area (TPSA) is 67.4 Å². The number of rotatable bonds is 6. The quantitative estimate of drug-likeness (QED) is 0.822. The van der Waals surface area contributed by atoms with E-state index >= 15 is 0 Å². The molecule has 0 fully saturated rings. The molecule has 2 amide bonds. The Balaban J connectivity index is 2.69. The average Bonchev–Trinajstić information content (AvgIpc) is 2.38. The molecule has 0 saturated heterocycles. The fraction of sp³-hybridized carbons (Fsp3) is 0.429. The second-order valence-corrected chi connectivity index (χ2v) is 4.17. The van der Waals surface area contributed by atoms with Crippen LogP contribution in [-0.4, -0.2) is 25.5 Å². The Morgan fingerprint density at radius 2 is 2.05 bits per heavy atom. The summed E-state index contributed by atoms with van der Waals surface area (Å²) in [5, 5.41) is 5.54. The Kier molecular flexibility index (Phi) is 5.85. The van der Waals surface area contributed by atoms with Crippen molar-refractivity contribution < 1.29 is 14.3 Å². The molecule has 104 valence electrons. The molecular weight excluding hydrogens is 244 g/mol. The van der Waals surface area contributed by atoms with Gasteiger partial charge in [-0.2, -0.15) is 0 Å². The lowest BCUT2D eigenvalue weighted by Gasteiger charge is -2.11. The maximum absolute atomic E-state index is 11.1. The highest BCUT2D eigenvalue weighted by molar-refractivity contribution is 5.90. The van der Waals surface area contributed by atoms with Crippen molar-refractivity contribution in [2.75, 3.05) is 19.0 Å². The van der Waals surface area contributed by atoms with Gasteiger partial charge >= 0.3 is 0 Å². The molecule has 0 atom stereocenters. The second kappa shape index (κ2) is 7.41. The van der Waals surface area contributed by atoms with Crippen molar-refractivity contribution in [3.63, 3.8) is 0 Å². The minimum atomic E-state index is -0.144. The van der Waals surface area contributed by atoms with Gasteiger partial charge in [-0.3, -0.25) is 9.59 Å². The predicted octanol–water partition coefficient (Wildman–Crippen LogP) is 1.72. The molecule has 0 spiro atoms. The lowest BCUT2D eigenvalue weighted by Crippen LogP contribution is -2.24. The Morgan fingerprint density at radius 3 is 2.63 bits per heavy atom. The third-order valence-corrected chi connectivity index (χ3v) is 2.63. The Labute approximate surface area is 113 Å². The SMILES string of the molecule is CCC(=O)NCCc1ccc(OC)c(NC(C)=O)c1. The first-order valence-corrected chi connectivity index (χ1v) is 6.28. The minimum Gasteiger partial charge on any atom is -0.495 e. The van der Waals surface area contributed by atoms with Crippen molar-refractivity contribution in [2.24, 2.45) is 0 Å². The number of nitrogens with one attached hydrogen (secondary N) is 2. The van der Waals surface area contributed by atoms with E-state index in [2.05, 4.69) is 10.6 Å². The summed E-state index contributed by atoms with van der Waals surface area (Å²) in [6, 6.07) is 5.59. The number of carbonyl (C=O) groups is 2. The number of carbonyl (C=O) groups excluding carboxylic acids is 2. The first-order chi connectivity index (χ1) is 9.06. The van der Waals surface area contributed by atoms with Crippen LogP contribution in [0.2, 0.25) is 0 Å². The molecule has 5 heteroatoms. The zero-order valence-electron chi connectivity index (χ0n) is 11.6. The van der Waals surface area contributed by atoms with Crippen molar-refractivity contribution in [3.05, 3.63) is 23.8 Å². The van der Waals surface area contributed by atoms with Crippen molar-refractivity contribution in [2.45, 2.75) is 26.7 Å². The van der Waals surface area contributed by atoms with Crippen LogP contribution in [0.5, 0.6) is 5.75 Å². The van der Waals surface area contributed by atoms with E-state index in [1.54, 1.807) is 7.11 Å². The maximum Gasteiger partial charge on any atom is 0.221 e. The fourth-order valence-electron chi connectivity index (χ4n) is 1.67. The highest BCUT2D eigenvalue weighted by Crippen LogP contribution is 2.25. The molecule has 0 aliphatic carbocycles. The van der Waals surface area contributed by atoms with E-state index in [-0.39, 0.29) is 11.8 Å². The first-order valence-electron chi connectivity index (χ1n) is 6.28. The molecule has 0 aromatic heterocycles. The number of hydrogen-bond acceptors (Lipinski definition) is 3. The van der Waals surface area contributed by atoms with Crippen LogP contribution in [-0.2, 0) is 16.0 Å². The average molecular weight is 264 g/mol. The monoisotopic (exact) mass is 264 g/mol. The number of ether oxygens (including phenoxy) is 1. The van der Waals surface area contributed by atoms with Crippen molar-refractivity contribution in [1.29, 1.82) is 0 Å². The summed E-state index contributed by atoms with van der Waals surface area (Å²) < 4.78 is 5.18. The molecule has 0 unspecified atom stereocenters. The number of anilines is 1. The van der Waals surface area contributed by atoms with Gasteiger partial charge < -0.3 is 15.4 Å². The van der Waals surface area contributed by atoms with Crippen LogP contribution >= 0.6 is 0 Å². The molecule has 0 saturated carbocycles. The summed E-state index contributed by atoms with van der Waals surface area (Å²) in [4.78, 5) is 22.2. The van der Waals surface area contributed by atoms with Crippen LogP contribution in [0.15, 0.2) is 18.2 Å². The van der Waals surface area contributed by atoms with E-state index in [4.69, 9.17) is 4.74 Å². The first kappa shape index (κ1) is 15.0. The highest BCUT2D eigenvalue weighted by Gasteiger charge is 2.06. The molecule has 0 aliphatic rings. The normalized spacial score (nSPS) is 9.84.